The number of hydrogen-bond acceptors (Lipinski definition) is 6. The van der Waals surface area contributed by atoms with E-state index in [1.807, 2.05) is 0 Å². The summed E-state index contributed by atoms with van der Waals surface area (Å²) in [7, 11) is -3.08. The maximum absolute atomic E-state index is 14.6. The summed E-state index contributed by atoms with van der Waals surface area (Å²) in [6, 6.07) is 19.5. The second-order valence-electron chi connectivity index (χ2n) is 8.28. The van der Waals surface area contributed by atoms with Crippen LogP contribution in [0.3, 0.4) is 0 Å². The first-order valence-electron chi connectivity index (χ1n) is 11.3. The fourth-order valence-electron chi connectivity index (χ4n) is 3.36. The number of carbonyl (C=O) groups is 2. The summed E-state index contributed by atoms with van der Waals surface area (Å²) in [5.74, 6) is -1.83. The maximum Gasteiger partial charge on any atom is 0.457 e. The number of methoxy groups -OCH3 is 1. The summed E-state index contributed by atoms with van der Waals surface area (Å²) in [5.41, 5.74) is 0.232. The van der Waals surface area contributed by atoms with Gasteiger partial charge < -0.3 is 24.4 Å². The molecule has 2 atom stereocenters. The number of halogens is 2. The summed E-state index contributed by atoms with van der Waals surface area (Å²) < 4.78 is 31.2. The predicted molar refractivity (Wildman–Crippen MR) is 143 cm³/mol. The van der Waals surface area contributed by atoms with Crippen molar-refractivity contribution in [2.24, 2.45) is 5.92 Å². The van der Waals surface area contributed by atoms with Gasteiger partial charge in [-0.25, -0.2) is 14.2 Å². The number of amides is 2. The van der Waals surface area contributed by atoms with Gasteiger partial charge in [0.2, 0.25) is 0 Å². The van der Waals surface area contributed by atoms with Crippen molar-refractivity contribution in [3.63, 3.8) is 0 Å². The first-order chi connectivity index (χ1) is 17.6. The lowest BCUT2D eigenvalue weighted by molar-refractivity contribution is -0.143. The van der Waals surface area contributed by atoms with Crippen LogP contribution in [0.2, 0.25) is 10.0 Å². The van der Waals surface area contributed by atoms with Crippen LogP contribution < -0.4 is 19.7 Å². The van der Waals surface area contributed by atoms with E-state index in [4.69, 9.17) is 37.0 Å². The fourth-order valence-corrected chi connectivity index (χ4v) is 5.88. The molecular weight excluding hydrogens is 538 g/mol. The first kappa shape index (κ1) is 28.4. The molecular formula is C26H27Cl2N2O6P. The minimum absolute atomic E-state index is 0.125. The molecule has 1 unspecified atom stereocenters. The summed E-state index contributed by atoms with van der Waals surface area (Å²) in [4.78, 5) is 25.4. The van der Waals surface area contributed by atoms with Gasteiger partial charge in [-0.1, -0.05) is 79.5 Å². The Morgan fingerprint density at radius 3 is 1.84 bits per heavy atom. The number of hydrogen-bond donors (Lipinski definition) is 2. The number of para-hydroxylation sites is 2. The van der Waals surface area contributed by atoms with Gasteiger partial charge in [0.15, 0.2) is 5.78 Å². The van der Waals surface area contributed by atoms with Crippen molar-refractivity contribution in [2.75, 3.05) is 7.11 Å². The lowest BCUT2D eigenvalue weighted by Gasteiger charge is -2.30. The van der Waals surface area contributed by atoms with Gasteiger partial charge in [-0.3, -0.25) is 0 Å². The Kier molecular flexibility index (Phi) is 9.86. The van der Waals surface area contributed by atoms with Crippen molar-refractivity contribution >= 4 is 42.8 Å². The highest BCUT2D eigenvalue weighted by Crippen LogP contribution is 2.59. The molecule has 3 rings (SSSR count). The lowest BCUT2D eigenvalue weighted by Crippen LogP contribution is -2.50. The smallest absolute Gasteiger partial charge is 0.457 e. The summed E-state index contributed by atoms with van der Waals surface area (Å²) in [6.07, 6.45) is 0. The van der Waals surface area contributed by atoms with Crippen LogP contribution in [0.5, 0.6) is 11.5 Å². The van der Waals surface area contributed by atoms with E-state index in [0.717, 1.165) is 0 Å². The van der Waals surface area contributed by atoms with E-state index in [9.17, 15) is 14.2 Å². The van der Waals surface area contributed by atoms with Gasteiger partial charge in [0.1, 0.15) is 17.5 Å². The zero-order valence-electron chi connectivity index (χ0n) is 20.4. The van der Waals surface area contributed by atoms with Gasteiger partial charge in [-0.2, -0.15) is 0 Å². The highest BCUT2D eigenvalue weighted by Gasteiger charge is 2.43. The van der Waals surface area contributed by atoms with Crippen molar-refractivity contribution in [3.8, 4) is 11.5 Å². The second-order valence-corrected chi connectivity index (χ2v) is 11.1. The van der Waals surface area contributed by atoms with Crippen LogP contribution in [-0.2, 0) is 14.1 Å². The number of nitrogens with one attached hydrogen (secondary N) is 2. The monoisotopic (exact) mass is 564 g/mol. The Balaban J connectivity index is 2.07. The number of esters is 1. The molecule has 3 aromatic carbocycles. The van der Waals surface area contributed by atoms with Gasteiger partial charge in [-0.15, -0.1) is 0 Å². The van der Waals surface area contributed by atoms with Crippen molar-refractivity contribution < 1.29 is 27.9 Å². The number of rotatable bonds is 10. The van der Waals surface area contributed by atoms with Crippen LogP contribution in [-0.4, -0.2) is 25.2 Å². The molecule has 0 fully saturated rings. The van der Waals surface area contributed by atoms with Crippen LogP contribution in [0.15, 0.2) is 78.9 Å². The average molecular weight is 565 g/mol. The Morgan fingerprint density at radius 1 is 0.838 bits per heavy atom. The molecule has 11 heteroatoms. The van der Waals surface area contributed by atoms with Crippen LogP contribution in [0.1, 0.15) is 25.2 Å². The number of ether oxygens (including phenoxy) is 1. The Labute approximate surface area is 225 Å². The molecule has 2 N–H and O–H groups in total. The van der Waals surface area contributed by atoms with Crippen LogP contribution in [0.25, 0.3) is 0 Å². The highest BCUT2D eigenvalue weighted by molar-refractivity contribution is 7.55. The predicted octanol–water partition coefficient (Wildman–Crippen LogP) is 6.84. The van der Waals surface area contributed by atoms with Crippen LogP contribution in [0.4, 0.5) is 4.79 Å². The summed E-state index contributed by atoms with van der Waals surface area (Å²) in [6.45, 7) is 3.49. The molecule has 0 aliphatic rings. The third-order valence-corrected chi connectivity index (χ3v) is 7.73. The fraction of sp³-hybridized carbons (Fsp3) is 0.231. The molecule has 0 heterocycles. The molecule has 0 saturated heterocycles. The topological polar surface area (TPSA) is 103 Å². The standard InChI is InChI=1S/C26H27Cl2N2O6P/c1-17(2)23(25(31)34-3)29-26(32)30-24(21-15-14-18(27)16-22(21)28)37(33,35-19-10-6-4-7-11-19)36-20-12-8-5-9-13-20/h4-17,23-24H,1-3H3,(H2,29,30,32)/t23-,24?/m1/s1. The minimum atomic E-state index is -4.30. The zero-order valence-corrected chi connectivity index (χ0v) is 22.8. The lowest BCUT2D eigenvalue weighted by atomic mass is 10.1. The Bertz CT molecular complexity index is 1210. The van der Waals surface area contributed by atoms with Gasteiger partial charge in [0.05, 0.1) is 7.11 Å². The Hall–Kier alpha value is -3.19. The maximum atomic E-state index is 14.6. The van der Waals surface area contributed by atoms with Crippen molar-refractivity contribution in [2.45, 2.75) is 25.7 Å². The summed E-state index contributed by atoms with van der Waals surface area (Å²) >= 11 is 12.6. The molecule has 0 saturated carbocycles. The molecule has 0 aliphatic heterocycles. The van der Waals surface area contributed by atoms with Gasteiger partial charge in [0, 0.05) is 15.6 Å². The third-order valence-electron chi connectivity index (χ3n) is 5.20. The molecule has 3 aromatic rings. The van der Waals surface area contributed by atoms with Gasteiger partial charge in [0.25, 0.3) is 0 Å². The molecule has 0 aromatic heterocycles. The molecule has 0 bridgehead atoms. The third kappa shape index (κ3) is 7.65. The van der Waals surface area contributed by atoms with Gasteiger partial charge >= 0.3 is 19.6 Å². The van der Waals surface area contributed by atoms with Crippen molar-refractivity contribution in [3.05, 3.63) is 94.5 Å². The van der Waals surface area contributed by atoms with E-state index in [1.54, 1.807) is 74.5 Å². The molecule has 37 heavy (non-hydrogen) atoms. The molecule has 0 spiro atoms. The van der Waals surface area contributed by atoms with Gasteiger partial charge in [-0.05, 0) is 42.3 Å². The second kappa shape index (κ2) is 12.9. The van der Waals surface area contributed by atoms with Crippen molar-refractivity contribution in [1.82, 2.24) is 10.6 Å². The SMILES string of the molecule is COC(=O)[C@H](NC(=O)NC(c1ccc(Cl)cc1Cl)P(=O)(Oc1ccccc1)Oc1ccccc1)C(C)C. The van der Waals surface area contributed by atoms with Crippen LogP contribution >= 0.6 is 30.8 Å². The quantitative estimate of drug-likeness (QED) is 0.206. The largest absolute Gasteiger partial charge is 0.467 e. The molecule has 196 valence electrons. The normalized spacial score (nSPS) is 12.8. The zero-order chi connectivity index (χ0) is 27.0. The van der Waals surface area contributed by atoms with E-state index < -0.39 is 31.4 Å². The molecule has 0 aliphatic carbocycles. The van der Waals surface area contributed by atoms with E-state index in [1.165, 1.54) is 25.3 Å². The molecule has 0 radical (unpaired) electrons. The molecule has 8 nitrogen and oxygen atoms in total. The Morgan fingerprint density at radius 2 is 1.38 bits per heavy atom. The van der Waals surface area contributed by atoms with E-state index in [2.05, 4.69) is 10.6 Å². The highest BCUT2D eigenvalue weighted by atomic mass is 35.5. The average Bonchev–Trinajstić information content (AvgIpc) is 2.86. The summed E-state index contributed by atoms with van der Waals surface area (Å²) in [5, 5.41) is 5.68. The van der Waals surface area contributed by atoms with Crippen molar-refractivity contribution in [1.29, 1.82) is 0 Å². The molecule has 2 amide bonds. The number of carbonyl (C=O) groups excluding carboxylic acids is 2. The number of urea groups is 1. The minimum Gasteiger partial charge on any atom is -0.467 e. The van der Waals surface area contributed by atoms with E-state index >= 15 is 0 Å². The van der Waals surface area contributed by atoms with E-state index in [0.29, 0.717) is 5.02 Å². The first-order valence-corrected chi connectivity index (χ1v) is 13.7. The van der Waals surface area contributed by atoms with E-state index in [-0.39, 0.29) is 28.0 Å². The number of benzene rings is 3. The van der Waals surface area contributed by atoms with Crippen LogP contribution in [0, 0.1) is 5.92 Å².